The van der Waals surface area contributed by atoms with Crippen LogP contribution < -0.4 is 5.32 Å². The Kier molecular flexibility index (Phi) is 2.79. The van der Waals surface area contributed by atoms with Crippen molar-refractivity contribution in [1.82, 2.24) is 10.2 Å². The molecule has 1 aromatic carbocycles. The molecule has 0 aliphatic carbocycles. The lowest BCUT2D eigenvalue weighted by Gasteiger charge is -2.33. The van der Waals surface area contributed by atoms with E-state index in [-0.39, 0.29) is 6.04 Å². The van der Waals surface area contributed by atoms with Crippen LogP contribution in [0.2, 0.25) is 0 Å². The highest BCUT2D eigenvalue weighted by atomic mass is 16.1. The van der Waals surface area contributed by atoms with Crippen LogP contribution in [0.5, 0.6) is 0 Å². The van der Waals surface area contributed by atoms with E-state index in [1.165, 1.54) is 5.56 Å². The number of hydrogen-bond donors (Lipinski definition) is 1. The van der Waals surface area contributed by atoms with Crippen molar-refractivity contribution in [3.63, 3.8) is 0 Å². The molecule has 1 N–H and O–H groups in total. The second-order valence-electron chi connectivity index (χ2n) is 3.47. The van der Waals surface area contributed by atoms with Gasteiger partial charge in [0.25, 0.3) is 0 Å². The Hall–Kier alpha value is -1.35. The van der Waals surface area contributed by atoms with Crippen LogP contribution in [0.4, 0.5) is 0 Å². The van der Waals surface area contributed by atoms with Crippen LogP contribution in [-0.4, -0.2) is 30.9 Å². The molecule has 1 heterocycles. The smallest absolute Gasteiger partial charge is 0.210 e. The summed E-state index contributed by atoms with van der Waals surface area (Å²) in [5.74, 6) is 0. The van der Waals surface area contributed by atoms with Crippen LogP contribution in [0.1, 0.15) is 11.6 Å². The topological polar surface area (TPSA) is 32.3 Å². The van der Waals surface area contributed by atoms with Crippen molar-refractivity contribution in [2.24, 2.45) is 0 Å². The number of carbonyl (C=O) groups is 1. The summed E-state index contributed by atoms with van der Waals surface area (Å²) in [6.07, 6.45) is 0.943. The van der Waals surface area contributed by atoms with Gasteiger partial charge < -0.3 is 10.2 Å². The fourth-order valence-corrected chi connectivity index (χ4v) is 1.83. The maximum Gasteiger partial charge on any atom is 0.210 e. The van der Waals surface area contributed by atoms with E-state index in [9.17, 15) is 4.79 Å². The van der Waals surface area contributed by atoms with Gasteiger partial charge in [-0.25, -0.2) is 0 Å². The molecule has 0 saturated carbocycles. The molecule has 1 fully saturated rings. The van der Waals surface area contributed by atoms with Crippen molar-refractivity contribution in [1.29, 1.82) is 0 Å². The van der Waals surface area contributed by atoms with Crippen LogP contribution in [0, 0.1) is 0 Å². The predicted molar refractivity (Wildman–Crippen MR) is 54.8 cm³/mol. The molecule has 0 aromatic heterocycles. The average molecular weight is 190 g/mol. The fraction of sp³-hybridized carbons (Fsp3) is 0.364. The Bertz CT molecular complexity index is 299. The second kappa shape index (κ2) is 4.24. The van der Waals surface area contributed by atoms with E-state index in [0.29, 0.717) is 0 Å². The summed E-state index contributed by atoms with van der Waals surface area (Å²) >= 11 is 0. The SMILES string of the molecule is O=CN1CCNC[C@H]1c1ccccc1. The summed E-state index contributed by atoms with van der Waals surface area (Å²) in [6.45, 7) is 2.54. The first-order chi connectivity index (χ1) is 6.92. The van der Waals surface area contributed by atoms with Gasteiger partial charge in [0.1, 0.15) is 0 Å². The van der Waals surface area contributed by atoms with Gasteiger partial charge in [0.05, 0.1) is 6.04 Å². The molecule has 3 nitrogen and oxygen atoms in total. The maximum absolute atomic E-state index is 10.8. The van der Waals surface area contributed by atoms with Crippen molar-refractivity contribution in [2.45, 2.75) is 6.04 Å². The highest BCUT2D eigenvalue weighted by molar-refractivity contribution is 5.49. The Morgan fingerprint density at radius 2 is 2.14 bits per heavy atom. The molecule has 3 heteroatoms. The second-order valence-corrected chi connectivity index (χ2v) is 3.47. The molecule has 1 amide bonds. The van der Waals surface area contributed by atoms with Crippen molar-refractivity contribution < 1.29 is 4.79 Å². The molecule has 1 atom stereocenters. The molecule has 0 radical (unpaired) electrons. The summed E-state index contributed by atoms with van der Waals surface area (Å²) in [6, 6.07) is 10.3. The zero-order valence-corrected chi connectivity index (χ0v) is 8.02. The Labute approximate surface area is 83.7 Å². The van der Waals surface area contributed by atoms with E-state index < -0.39 is 0 Å². The van der Waals surface area contributed by atoms with E-state index in [1.807, 2.05) is 23.1 Å². The molecule has 74 valence electrons. The molecular formula is C11H14N2O. The zero-order chi connectivity index (χ0) is 9.80. The van der Waals surface area contributed by atoms with Gasteiger partial charge in [-0.15, -0.1) is 0 Å². The number of benzene rings is 1. The molecule has 0 bridgehead atoms. The first-order valence-electron chi connectivity index (χ1n) is 4.88. The van der Waals surface area contributed by atoms with Crippen LogP contribution in [0.3, 0.4) is 0 Å². The van der Waals surface area contributed by atoms with Gasteiger partial charge in [-0.2, -0.15) is 0 Å². The molecule has 0 spiro atoms. The summed E-state index contributed by atoms with van der Waals surface area (Å²) in [5.41, 5.74) is 1.20. The minimum atomic E-state index is 0.197. The largest absolute Gasteiger partial charge is 0.336 e. The number of carbonyl (C=O) groups excluding carboxylic acids is 1. The molecule has 1 saturated heterocycles. The van der Waals surface area contributed by atoms with Crippen molar-refractivity contribution >= 4 is 6.41 Å². The van der Waals surface area contributed by atoms with Crippen LogP contribution >= 0.6 is 0 Å². The van der Waals surface area contributed by atoms with Gasteiger partial charge in [0.2, 0.25) is 6.41 Å². The summed E-state index contributed by atoms with van der Waals surface area (Å²) in [4.78, 5) is 12.7. The molecule has 0 unspecified atom stereocenters. The van der Waals surface area contributed by atoms with Gasteiger partial charge in [-0.3, -0.25) is 4.79 Å². The Morgan fingerprint density at radius 1 is 1.36 bits per heavy atom. The van der Waals surface area contributed by atoms with Gasteiger partial charge in [0.15, 0.2) is 0 Å². The van der Waals surface area contributed by atoms with E-state index >= 15 is 0 Å². The molecule has 1 aliphatic rings. The quantitative estimate of drug-likeness (QED) is 0.699. The summed E-state index contributed by atoms with van der Waals surface area (Å²) in [7, 11) is 0. The minimum absolute atomic E-state index is 0.197. The van der Waals surface area contributed by atoms with Crippen molar-refractivity contribution in [3.05, 3.63) is 35.9 Å². The molecular weight excluding hydrogens is 176 g/mol. The Balaban J connectivity index is 2.19. The summed E-state index contributed by atoms with van der Waals surface area (Å²) < 4.78 is 0. The van der Waals surface area contributed by atoms with Gasteiger partial charge in [-0.05, 0) is 5.56 Å². The average Bonchev–Trinajstić information content (AvgIpc) is 2.30. The monoisotopic (exact) mass is 190 g/mol. The molecule has 1 aromatic rings. The zero-order valence-electron chi connectivity index (χ0n) is 8.02. The standard InChI is InChI=1S/C11H14N2O/c14-9-13-7-6-12-8-11(13)10-4-2-1-3-5-10/h1-5,9,11-12H,6-8H2/t11-/m0/s1. The Morgan fingerprint density at radius 3 is 2.86 bits per heavy atom. The number of amides is 1. The summed E-state index contributed by atoms with van der Waals surface area (Å²) in [5, 5.41) is 3.30. The lowest BCUT2D eigenvalue weighted by Crippen LogP contribution is -2.45. The number of nitrogens with one attached hydrogen (secondary N) is 1. The number of piperazine rings is 1. The number of hydrogen-bond acceptors (Lipinski definition) is 2. The van der Waals surface area contributed by atoms with Crippen LogP contribution in [-0.2, 0) is 4.79 Å². The lowest BCUT2D eigenvalue weighted by atomic mass is 10.0. The highest BCUT2D eigenvalue weighted by Crippen LogP contribution is 2.19. The first-order valence-corrected chi connectivity index (χ1v) is 4.88. The number of nitrogens with zero attached hydrogens (tertiary/aromatic N) is 1. The third kappa shape index (κ3) is 1.77. The van der Waals surface area contributed by atoms with Crippen molar-refractivity contribution in [2.75, 3.05) is 19.6 Å². The highest BCUT2D eigenvalue weighted by Gasteiger charge is 2.21. The van der Waals surface area contributed by atoms with Gasteiger partial charge in [0, 0.05) is 19.6 Å². The predicted octanol–water partition coefficient (Wildman–Crippen LogP) is 0.789. The van der Waals surface area contributed by atoms with Gasteiger partial charge in [-0.1, -0.05) is 30.3 Å². The third-order valence-corrected chi connectivity index (χ3v) is 2.60. The van der Waals surface area contributed by atoms with E-state index in [4.69, 9.17) is 0 Å². The minimum Gasteiger partial charge on any atom is -0.336 e. The van der Waals surface area contributed by atoms with E-state index in [1.54, 1.807) is 0 Å². The van der Waals surface area contributed by atoms with Crippen LogP contribution in [0.25, 0.3) is 0 Å². The lowest BCUT2D eigenvalue weighted by molar-refractivity contribution is -0.121. The maximum atomic E-state index is 10.8. The molecule has 14 heavy (non-hydrogen) atoms. The van der Waals surface area contributed by atoms with Crippen LogP contribution in [0.15, 0.2) is 30.3 Å². The van der Waals surface area contributed by atoms with E-state index in [0.717, 1.165) is 26.0 Å². The fourth-order valence-electron chi connectivity index (χ4n) is 1.83. The normalized spacial score (nSPS) is 22.0. The third-order valence-electron chi connectivity index (χ3n) is 2.60. The molecule has 1 aliphatic heterocycles. The number of rotatable bonds is 2. The van der Waals surface area contributed by atoms with Crippen molar-refractivity contribution in [3.8, 4) is 0 Å². The van der Waals surface area contributed by atoms with Gasteiger partial charge >= 0.3 is 0 Å². The van der Waals surface area contributed by atoms with E-state index in [2.05, 4.69) is 17.4 Å². The molecule has 2 rings (SSSR count). The first kappa shape index (κ1) is 9.21.